The highest BCUT2D eigenvalue weighted by Crippen LogP contribution is 2.32. The van der Waals surface area contributed by atoms with E-state index in [0.717, 1.165) is 41.2 Å². The molecule has 0 radical (unpaired) electrons. The molecule has 0 unspecified atom stereocenters. The van der Waals surface area contributed by atoms with Gasteiger partial charge in [0.15, 0.2) is 0 Å². The van der Waals surface area contributed by atoms with Crippen LogP contribution in [0, 0.1) is 0 Å². The first-order valence-electron chi connectivity index (χ1n) is 5.52. The molecular formula is C11H12BrN5. The van der Waals surface area contributed by atoms with Crippen molar-refractivity contribution in [3.63, 3.8) is 0 Å². The molecule has 6 heteroatoms. The van der Waals surface area contributed by atoms with Crippen LogP contribution in [0.25, 0.3) is 11.4 Å². The van der Waals surface area contributed by atoms with E-state index in [-0.39, 0.29) is 0 Å². The van der Waals surface area contributed by atoms with Crippen LogP contribution in [0.3, 0.4) is 0 Å². The summed E-state index contributed by atoms with van der Waals surface area (Å²) in [6, 6.07) is 2.04. The second-order valence-corrected chi connectivity index (χ2v) is 4.80. The molecule has 0 aromatic heterocycles. The molecule has 0 amide bonds. The molecular weight excluding hydrogens is 282 g/mol. The molecule has 88 valence electrons. The van der Waals surface area contributed by atoms with E-state index in [1.807, 2.05) is 12.3 Å². The Morgan fingerprint density at radius 1 is 1.53 bits per heavy atom. The van der Waals surface area contributed by atoms with Crippen LogP contribution in [0.15, 0.2) is 21.7 Å². The van der Waals surface area contributed by atoms with Crippen LogP contribution < -0.4 is 10.9 Å². The lowest BCUT2D eigenvalue weighted by molar-refractivity contribution is 0.618. The number of aromatic nitrogens is 3. The first-order chi connectivity index (χ1) is 8.29. The molecule has 17 heavy (non-hydrogen) atoms. The van der Waals surface area contributed by atoms with Gasteiger partial charge in [-0.2, -0.15) is 4.98 Å². The number of anilines is 1. The monoisotopic (exact) mass is 293 g/mol. The zero-order valence-electron chi connectivity index (χ0n) is 9.44. The number of rotatable bonds is 0. The average Bonchev–Trinajstić information content (AvgIpc) is 2.39. The van der Waals surface area contributed by atoms with Crippen LogP contribution in [0.5, 0.6) is 0 Å². The molecule has 1 N–H and O–H groups in total. The number of nitrogens with one attached hydrogen (secondary N) is 1. The third kappa shape index (κ3) is 1.72. The van der Waals surface area contributed by atoms with Gasteiger partial charge in [-0.05, 0) is 28.4 Å². The fraction of sp³-hybridized carbons (Fsp3) is 0.364. The summed E-state index contributed by atoms with van der Waals surface area (Å²) in [6.45, 7) is 1.97. The zero-order valence-corrected chi connectivity index (χ0v) is 11.0. The van der Waals surface area contributed by atoms with Crippen molar-refractivity contribution < 1.29 is 0 Å². The predicted octanol–water partition coefficient (Wildman–Crippen LogP) is 1.49. The number of halogens is 1. The second kappa shape index (κ2) is 4.10. The van der Waals surface area contributed by atoms with Crippen molar-refractivity contribution in [2.24, 2.45) is 4.99 Å². The van der Waals surface area contributed by atoms with Crippen molar-refractivity contribution in [2.75, 3.05) is 18.9 Å². The highest BCUT2D eigenvalue weighted by Gasteiger charge is 2.18. The fourth-order valence-electron chi connectivity index (χ4n) is 2.08. The molecule has 0 bridgehead atoms. The topological polar surface area (TPSA) is 55.1 Å². The maximum absolute atomic E-state index is 4.47. The van der Waals surface area contributed by atoms with Crippen molar-refractivity contribution >= 4 is 21.7 Å². The SMILES string of the molecule is CN=c1ncc2cc(Br)c3n(c-2n1)CCCN3. The van der Waals surface area contributed by atoms with E-state index < -0.39 is 0 Å². The van der Waals surface area contributed by atoms with Crippen molar-refractivity contribution in [3.05, 3.63) is 22.4 Å². The Balaban J connectivity index is 2.37. The third-order valence-corrected chi connectivity index (χ3v) is 3.47. The minimum atomic E-state index is 0.528. The van der Waals surface area contributed by atoms with Crippen molar-refractivity contribution in [3.8, 4) is 11.4 Å². The lowest BCUT2D eigenvalue weighted by atomic mass is 10.2. The second-order valence-electron chi connectivity index (χ2n) is 3.95. The van der Waals surface area contributed by atoms with Gasteiger partial charge in [0.1, 0.15) is 11.6 Å². The average molecular weight is 294 g/mol. The summed E-state index contributed by atoms with van der Waals surface area (Å²) < 4.78 is 3.23. The van der Waals surface area contributed by atoms with Crippen LogP contribution in [-0.2, 0) is 6.54 Å². The molecule has 0 spiro atoms. The Hall–Kier alpha value is -1.43. The first-order valence-corrected chi connectivity index (χ1v) is 6.31. The van der Waals surface area contributed by atoms with Crippen LogP contribution >= 0.6 is 15.9 Å². The van der Waals surface area contributed by atoms with E-state index in [0.29, 0.717) is 5.62 Å². The normalized spacial score (nSPS) is 15.8. The largest absolute Gasteiger partial charge is 0.370 e. The first kappa shape index (κ1) is 10.7. The lowest BCUT2D eigenvalue weighted by Crippen LogP contribution is -2.24. The van der Waals surface area contributed by atoms with Crippen molar-refractivity contribution in [1.29, 1.82) is 0 Å². The molecule has 0 fully saturated rings. The minimum absolute atomic E-state index is 0.528. The molecule has 0 aliphatic carbocycles. The van der Waals surface area contributed by atoms with Crippen LogP contribution in [0.4, 0.5) is 5.82 Å². The number of pyridine rings is 1. The molecule has 3 heterocycles. The standard InChI is InChI=1S/C11H12BrN5/c1-13-11-15-6-7-5-8(12)10-14-3-2-4-17(10)9(7)16-11/h5-6,14H,2-4H2,1H3. The highest BCUT2D eigenvalue weighted by atomic mass is 79.9. The van der Waals surface area contributed by atoms with Gasteiger partial charge >= 0.3 is 0 Å². The van der Waals surface area contributed by atoms with Gasteiger partial charge in [-0.25, -0.2) is 4.98 Å². The van der Waals surface area contributed by atoms with E-state index >= 15 is 0 Å². The minimum Gasteiger partial charge on any atom is -0.370 e. The predicted molar refractivity (Wildman–Crippen MR) is 68.9 cm³/mol. The van der Waals surface area contributed by atoms with E-state index in [1.54, 1.807) is 7.05 Å². The van der Waals surface area contributed by atoms with E-state index in [1.165, 1.54) is 0 Å². The fourth-order valence-corrected chi connectivity index (χ4v) is 2.68. The molecule has 3 rings (SSSR count). The van der Waals surface area contributed by atoms with Crippen LogP contribution in [0.2, 0.25) is 0 Å². The van der Waals surface area contributed by atoms with Gasteiger partial charge in [-0.3, -0.25) is 4.99 Å². The summed E-state index contributed by atoms with van der Waals surface area (Å²) in [7, 11) is 1.70. The Kier molecular flexibility index (Phi) is 2.58. The lowest BCUT2D eigenvalue weighted by Gasteiger charge is -2.25. The molecule has 0 aromatic rings. The zero-order chi connectivity index (χ0) is 11.8. The summed E-state index contributed by atoms with van der Waals surface area (Å²) in [5, 5.41) is 3.39. The number of hydrogen-bond acceptors (Lipinski definition) is 4. The molecule has 0 saturated heterocycles. The summed E-state index contributed by atoms with van der Waals surface area (Å²) in [6.07, 6.45) is 2.92. The van der Waals surface area contributed by atoms with Gasteiger partial charge in [-0.1, -0.05) is 0 Å². The Bertz CT molecular complexity index is 604. The third-order valence-electron chi connectivity index (χ3n) is 2.87. The van der Waals surface area contributed by atoms with Crippen LogP contribution in [0.1, 0.15) is 6.42 Å². The van der Waals surface area contributed by atoms with Gasteiger partial charge in [0.2, 0.25) is 5.62 Å². The molecule has 0 saturated carbocycles. The smallest absolute Gasteiger partial charge is 0.246 e. The summed E-state index contributed by atoms with van der Waals surface area (Å²) in [5.74, 6) is 2.02. The molecule has 0 aromatic carbocycles. The number of nitrogens with zero attached hydrogens (tertiary/aromatic N) is 4. The van der Waals surface area contributed by atoms with Crippen molar-refractivity contribution in [1.82, 2.24) is 14.5 Å². The summed E-state index contributed by atoms with van der Waals surface area (Å²) in [5.41, 5.74) is 1.55. The van der Waals surface area contributed by atoms with Gasteiger partial charge in [0.05, 0.1) is 4.47 Å². The van der Waals surface area contributed by atoms with Gasteiger partial charge in [0.25, 0.3) is 0 Å². The maximum Gasteiger partial charge on any atom is 0.246 e. The van der Waals surface area contributed by atoms with E-state index in [2.05, 4.69) is 40.8 Å². The molecule has 3 aliphatic rings. The summed E-state index contributed by atoms with van der Waals surface area (Å²) in [4.78, 5) is 12.7. The van der Waals surface area contributed by atoms with E-state index in [9.17, 15) is 0 Å². The maximum atomic E-state index is 4.47. The number of hydrogen-bond donors (Lipinski definition) is 1. The molecule has 0 atom stereocenters. The molecule has 5 nitrogen and oxygen atoms in total. The summed E-state index contributed by atoms with van der Waals surface area (Å²) >= 11 is 3.58. The molecule has 3 aliphatic heterocycles. The highest BCUT2D eigenvalue weighted by molar-refractivity contribution is 9.10. The quantitative estimate of drug-likeness (QED) is 0.801. The Morgan fingerprint density at radius 3 is 3.24 bits per heavy atom. The number of fused-ring (bicyclic) bond motifs is 3. The Labute approximate surface area is 107 Å². The Morgan fingerprint density at radius 2 is 2.41 bits per heavy atom. The van der Waals surface area contributed by atoms with Gasteiger partial charge < -0.3 is 9.88 Å². The van der Waals surface area contributed by atoms with Gasteiger partial charge in [0, 0.05) is 31.9 Å². The van der Waals surface area contributed by atoms with Gasteiger partial charge in [-0.15, -0.1) is 0 Å². The van der Waals surface area contributed by atoms with Crippen LogP contribution in [-0.4, -0.2) is 28.1 Å². The van der Waals surface area contributed by atoms with E-state index in [4.69, 9.17) is 0 Å². The van der Waals surface area contributed by atoms with Crippen molar-refractivity contribution in [2.45, 2.75) is 13.0 Å².